The highest BCUT2D eigenvalue weighted by atomic mass is 32.2. The van der Waals surface area contributed by atoms with E-state index in [-0.39, 0.29) is 0 Å². The molecule has 4 nitrogen and oxygen atoms in total. The fourth-order valence-electron chi connectivity index (χ4n) is 2.72. The van der Waals surface area contributed by atoms with Crippen molar-refractivity contribution in [2.24, 2.45) is 0 Å². The average molecular weight is 434 g/mol. The number of rotatable bonds is 3. The van der Waals surface area contributed by atoms with Crippen molar-refractivity contribution in [2.75, 3.05) is 0 Å². The maximum absolute atomic E-state index is 13.9. The van der Waals surface area contributed by atoms with E-state index in [9.17, 15) is 30.4 Å². The van der Waals surface area contributed by atoms with Gasteiger partial charge in [0.25, 0.3) is 0 Å². The van der Waals surface area contributed by atoms with Crippen LogP contribution in [0.25, 0.3) is 0 Å². The molecule has 1 aliphatic rings. The Morgan fingerprint density at radius 2 is 1.10 bits per heavy atom. The van der Waals surface area contributed by atoms with Crippen molar-refractivity contribution in [3.63, 3.8) is 0 Å². The molecular weight excluding hydrogens is 418 g/mol. The van der Waals surface area contributed by atoms with Crippen LogP contribution in [0.1, 0.15) is 27.7 Å². The van der Waals surface area contributed by atoms with Gasteiger partial charge in [-0.05, 0) is 45.3 Å². The van der Waals surface area contributed by atoms with Crippen LogP contribution in [0, 0.1) is 29.1 Å². The molecule has 0 unspecified atom stereocenters. The lowest BCUT2D eigenvalue weighted by atomic mass is 9.79. The molecule has 156 valence electrons. The maximum atomic E-state index is 13.9. The molecule has 0 amide bonds. The van der Waals surface area contributed by atoms with Crippen LogP contribution in [0.3, 0.4) is 0 Å². The Labute approximate surface area is 164 Å². The SMILES string of the molecule is CC1(C)OB(c2ccc(S(=O)(=O)c3c(F)c(F)c(F)c(F)c3F)cc2)OC1(C)C. The van der Waals surface area contributed by atoms with Crippen LogP contribution in [-0.4, -0.2) is 26.7 Å². The van der Waals surface area contributed by atoms with Crippen LogP contribution in [0.4, 0.5) is 22.0 Å². The molecule has 0 aromatic heterocycles. The van der Waals surface area contributed by atoms with Gasteiger partial charge in [-0.25, -0.2) is 30.4 Å². The molecule has 0 N–H and O–H groups in total. The van der Waals surface area contributed by atoms with Gasteiger partial charge in [-0.15, -0.1) is 0 Å². The van der Waals surface area contributed by atoms with Gasteiger partial charge in [-0.2, -0.15) is 0 Å². The van der Waals surface area contributed by atoms with Crippen molar-refractivity contribution in [1.82, 2.24) is 0 Å². The smallest absolute Gasteiger partial charge is 0.399 e. The van der Waals surface area contributed by atoms with E-state index in [1.54, 1.807) is 0 Å². The Morgan fingerprint density at radius 1 is 0.724 bits per heavy atom. The lowest BCUT2D eigenvalue weighted by Gasteiger charge is -2.32. The summed E-state index contributed by atoms with van der Waals surface area (Å²) in [5.41, 5.74) is -0.893. The summed E-state index contributed by atoms with van der Waals surface area (Å²) in [4.78, 5) is -2.56. The third kappa shape index (κ3) is 3.34. The van der Waals surface area contributed by atoms with E-state index in [0.29, 0.717) is 5.46 Å². The molecule has 1 heterocycles. The highest BCUT2D eigenvalue weighted by Gasteiger charge is 2.51. The highest BCUT2D eigenvalue weighted by Crippen LogP contribution is 2.36. The Balaban J connectivity index is 2.01. The Bertz CT molecular complexity index is 1040. The zero-order chi connectivity index (χ0) is 21.9. The number of sulfone groups is 1. The zero-order valence-corrected chi connectivity index (χ0v) is 16.6. The van der Waals surface area contributed by atoms with Crippen LogP contribution >= 0.6 is 0 Å². The van der Waals surface area contributed by atoms with Gasteiger partial charge >= 0.3 is 7.12 Å². The van der Waals surface area contributed by atoms with E-state index in [1.807, 2.05) is 27.7 Å². The van der Waals surface area contributed by atoms with Crippen molar-refractivity contribution >= 4 is 22.4 Å². The topological polar surface area (TPSA) is 52.6 Å². The molecule has 0 aliphatic carbocycles. The molecule has 2 aromatic carbocycles. The largest absolute Gasteiger partial charge is 0.494 e. The van der Waals surface area contributed by atoms with Crippen molar-refractivity contribution < 1.29 is 39.7 Å². The van der Waals surface area contributed by atoms with Gasteiger partial charge in [0.2, 0.25) is 15.7 Å². The standard InChI is InChI=1S/C18H16BF5O4S/c1-17(2)18(3,4)28-19(27-17)9-5-7-10(8-6-9)29(25,26)16-14(23)12(21)11(20)13(22)15(16)24/h5-8H,1-4H3. The average Bonchev–Trinajstić information content (AvgIpc) is 2.86. The Hall–Kier alpha value is -1.98. The lowest BCUT2D eigenvalue weighted by molar-refractivity contribution is 0.00578. The molecular formula is C18H16BF5O4S. The van der Waals surface area contributed by atoms with E-state index in [2.05, 4.69) is 0 Å². The number of benzene rings is 2. The molecule has 0 radical (unpaired) electrons. The second-order valence-corrected chi connectivity index (χ2v) is 9.45. The van der Waals surface area contributed by atoms with Gasteiger partial charge in [0.15, 0.2) is 23.3 Å². The van der Waals surface area contributed by atoms with Crippen molar-refractivity contribution in [1.29, 1.82) is 0 Å². The van der Waals surface area contributed by atoms with Crippen molar-refractivity contribution in [3.8, 4) is 0 Å². The van der Waals surface area contributed by atoms with E-state index < -0.39 is 67.0 Å². The van der Waals surface area contributed by atoms with Crippen LogP contribution in [-0.2, 0) is 19.1 Å². The molecule has 1 saturated heterocycles. The first-order chi connectivity index (χ1) is 13.2. The second kappa shape index (κ2) is 6.78. The molecule has 29 heavy (non-hydrogen) atoms. The summed E-state index contributed by atoms with van der Waals surface area (Å²) < 4.78 is 105. The molecule has 0 spiro atoms. The first-order valence-electron chi connectivity index (χ1n) is 8.43. The quantitative estimate of drug-likeness (QED) is 0.244. The summed E-state index contributed by atoms with van der Waals surface area (Å²) >= 11 is 0. The van der Waals surface area contributed by atoms with Crippen LogP contribution < -0.4 is 5.46 Å². The van der Waals surface area contributed by atoms with E-state index in [0.717, 1.165) is 12.1 Å². The summed E-state index contributed by atoms with van der Waals surface area (Å²) in [6.07, 6.45) is 0. The predicted octanol–water partition coefficient (Wildman–Crippen LogP) is 3.51. The Kier molecular flexibility index (Phi) is 5.08. The van der Waals surface area contributed by atoms with Crippen molar-refractivity contribution in [3.05, 3.63) is 53.4 Å². The zero-order valence-electron chi connectivity index (χ0n) is 15.8. The number of halogens is 5. The minimum atomic E-state index is -5.03. The van der Waals surface area contributed by atoms with Gasteiger partial charge < -0.3 is 9.31 Å². The molecule has 1 fully saturated rings. The van der Waals surface area contributed by atoms with Gasteiger partial charge in [0, 0.05) is 0 Å². The van der Waals surface area contributed by atoms with Gasteiger partial charge in [-0.1, -0.05) is 12.1 Å². The van der Waals surface area contributed by atoms with Gasteiger partial charge in [-0.3, -0.25) is 0 Å². The van der Waals surface area contributed by atoms with E-state index >= 15 is 0 Å². The number of hydrogen-bond acceptors (Lipinski definition) is 4. The first-order valence-corrected chi connectivity index (χ1v) is 9.91. The summed E-state index contributed by atoms with van der Waals surface area (Å²) in [6.45, 7) is 7.26. The summed E-state index contributed by atoms with van der Waals surface area (Å²) in [6, 6.07) is 4.52. The fraction of sp³-hybridized carbons (Fsp3) is 0.333. The maximum Gasteiger partial charge on any atom is 0.494 e. The molecule has 0 atom stereocenters. The fourth-order valence-corrected chi connectivity index (χ4v) is 4.10. The predicted molar refractivity (Wildman–Crippen MR) is 93.8 cm³/mol. The molecule has 0 saturated carbocycles. The molecule has 0 bridgehead atoms. The normalized spacial score (nSPS) is 18.3. The first kappa shape index (κ1) is 21.7. The van der Waals surface area contributed by atoms with Crippen LogP contribution in [0.2, 0.25) is 0 Å². The summed E-state index contributed by atoms with van der Waals surface area (Å²) in [5, 5.41) is 0. The third-order valence-corrected chi connectivity index (χ3v) is 6.94. The van der Waals surface area contributed by atoms with E-state index in [4.69, 9.17) is 9.31 Å². The minimum Gasteiger partial charge on any atom is -0.399 e. The van der Waals surface area contributed by atoms with Gasteiger partial charge in [0.05, 0.1) is 16.1 Å². The summed E-state index contributed by atoms with van der Waals surface area (Å²) in [7, 11) is -5.85. The Morgan fingerprint density at radius 3 is 1.52 bits per heavy atom. The van der Waals surface area contributed by atoms with Crippen LogP contribution in [0.15, 0.2) is 34.1 Å². The highest BCUT2D eigenvalue weighted by molar-refractivity contribution is 7.91. The van der Waals surface area contributed by atoms with Crippen LogP contribution in [0.5, 0.6) is 0 Å². The minimum absolute atomic E-state index is 0.417. The summed E-state index contributed by atoms with van der Waals surface area (Å²) in [5.74, 6) is -11.9. The number of hydrogen-bond donors (Lipinski definition) is 0. The molecule has 3 rings (SSSR count). The molecule has 11 heteroatoms. The second-order valence-electron chi connectivity index (χ2n) is 7.56. The van der Waals surface area contributed by atoms with Crippen molar-refractivity contribution in [2.45, 2.75) is 48.7 Å². The monoisotopic (exact) mass is 434 g/mol. The molecule has 2 aromatic rings. The van der Waals surface area contributed by atoms with Gasteiger partial charge in [0.1, 0.15) is 4.90 Å². The molecule has 1 aliphatic heterocycles. The lowest BCUT2D eigenvalue weighted by Crippen LogP contribution is -2.41. The third-order valence-electron chi connectivity index (χ3n) is 5.15. The van der Waals surface area contributed by atoms with E-state index in [1.165, 1.54) is 12.1 Å².